The lowest BCUT2D eigenvalue weighted by atomic mass is 10.2. The summed E-state index contributed by atoms with van der Waals surface area (Å²) in [5.74, 6) is 0. The lowest BCUT2D eigenvalue weighted by molar-refractivity contribution is 0.168. The quantitative estimate of drug-likeness (QED) is 0.661. The van der Waals surface area contributed by atoms with Crippen molar-refractivity contribution in [1.29, 1.82) is 0 Å². The van der Waals surface area contributed by atoms with Gasteiger partial charge in [0, 0.05) is 12.4 Å². The van der Waals surface area contributed by atoms with Crippen molar-refractivity contribution in [3.63, 3.8) is 0 Å². The molecule has 1 aromatic rings. The van der Waals surface area contributed by atoms with Gasteiger partial charge >= 0.3 is 0 Å². The van der Waals surface area contributed by atoms with Crippen molar-refractivity contribution in [2.45, 2.75) is 19.4 Å². The van der Waals surface area contributed by atoms with Crippen LogP contribution >= 0.6 is 0 Å². The van der Waals surface area contributed by atoms with Crippen molar-refractivity contribution >= 4 is 0 Å². The second kappa shape index (κ2) is 3.27. The van der Waals surface area contributed by atoms with Gasteiger partial charge in [-0.3, -0.25) is 9.97 Å². The van der Waals surface area contributed by atoms with Gasteiger partial charge in [-0.25, -0.2) is 0 Å². The highest BCUT2D eigenvalue weighted by Crippen LogP contribution is 2.10. The first-order valence-corrected chi connectivity index (χ1v) is 3.28. The van der Waals surface area contributed by atoms with Crippen LogP contribution < -0.4 is 0 Å². The highest BCUT2D eigenvalue weighted by Gasteiger charge is 2.03. The second-order valence-corrected chi connectivity index (χ2v) is 2.05. The molecule has 10 heavy (non-hydrogen) atoms. The molecule has 1 rings (SSSR count). The fourth-order valence-electron chi connectivity index (χ4n) is 0.692. The Bertz CT molecular complexity index is 188. The van der Waals surface area contributed by atoms with E-state index >= 15 is 0 Å². The standard InChI is InChI=1S/C7H10N2O/c1-2-7(10)6-5-8-3-4-9-6/h3-5,7,10H,2H2,1H3/t7-/m0/s1. The zero-order valence-corrected chi connectivity index (χ0v) is 5.86. The smallest absolute Gasteiger partial charge is 0.0972 e. The molecule has 0 aliphatic heterocycles. The van der Waals surface area contributed by atoms with E-state index in [0.717, 1.165) is 0 Å². The summed E-state index contributed by atoms with van der Waals surface area (Å²) in [5.41, 5.74) is 0.644. The Kier molecular flexibility index (Phi) is 2.34. The van der Waals surface area contributed by atoms with Gasteiger partial charge < -0.3 is 5.11 Å². The molecule has 0 aromatic carbocycles. The zero-order valence-electron chi connectivity index (χ0n) is 5.86. The first kappa shape index (κ1) is 7.15. The SMILES string of the molecule is CC[C@H](O)c1cnccn1. The van der Waals surface area contributed by atoms with E-state index < -0.39 is 6.10 Å². The van der Waals surface area contributed by atoms with Crippen molar-refractivity contribution in [2.75, 3.05) is 0 Å². The van der Waals surface area contributed by atoms with E-state index in [1.54, 1.807) is 18.6 Å². The highest BCUT2D eigenvalue weighted by atomic mass is 16.3. The molecule has 54 valence electrons. The Hall–Kier alpha value is -0.960. The summed E-state index contributed by atoms with van der Waals surface area (Å²) < 4.78 is 0. The van der Waals surface area contributed by atoms with E-state index in [1.165, 1.54) is 0 Å². The Morgan fingerprint density at radius 1 is 1.60 bits per heavy atom. The third-order valence-corrected chi connectivity index (χ3v) is 1.31. The van der Waals surface area contributed by atoms with Gasteiger partial charge in [-0.05, 0) is 6.42 Å². The number of nitrogens with zero attached hydrogens (tertiary/aromatic N) is 2. The maximum absolute atomic E-state index is 9.23. The van der Waals surface area contributed by atoms with E-state index in [9.17, 15) is 5.11 Å². The third kappa shape index (κ3) is 1.51. The predicted molar refractivity (Wildman–Crippen MR) is 37.3 cm³/mol. The number of rotatable bonds is 2. The van der Waals surface area contributed by atoms with Gasteiger partial charge in [0.1, 0.15) is 0 Å². The molecular weight excluding hydrogens is 128 g/mol. The molecule has 3 heteroatoms. The molecule has 0 bridgehead atoms. The van der Waals surface area contributed by atoms with Crippen molar-refractivity contribution in [3.8, 4) is 0 Å². The number of aromatic nitrogens is 2. The average molecular weight is 138 g/mol. The number of hydrogen-bond donors (Lipinski definition) is 1. The Morgan fingerprint density at radius 2 is 2.40 bits per heavy atom. The number of aliphatic hydroxyl groups excluding tert-OH is 1. The Labute approximate surface area is 59.8 Å². The first-order valence-electron chi connectivity index (χ1n) is 3.28. The number of aliphatic hydroxyl groups is 1. The second-order valence-electron chi connectivity index (χ2n) is 2.05. The van der Waals surface area contributed by atoms with Gasteiger partial charge in [0.2, 0.25) is 0 Å². The Morgan fingerprint density at radius 3 is 2.90 bits per heavy atom. The molecule has 1 aromatic heterocycles. The molecule has 3 nitrogen and oxygen atoms in total. The summed E-state index contributed by atoms with van der Waals surface area (Å²) in [6, 6.07) is 0. The molecule has 1 N–H and O–H groups in total. The molecule has 0 amide bonds. The van der Waals surface area contributed by atoms with E-state index in [0.29, 0.717) is 12.1 Å². The van der Waals surface area contributed by atoms with Crippen LogP contribution in [0.3, 0.4) is 0 Å². The minimum atomic E-state index is -0.464. The van der Waals surface area contributed by atoms with Crippen LogP contribution in [0.2, 0.25) is 0 Å². The number of hydrogen-bond acceptors (Lipinski definition) is 3. The molecule has 0 saturated heterocycles. The molecule has 1 heterocycles. The van der Waals surface area contributed by atoms with Crippen LogP contribution in [-0.2, 0) is 0 Å². The van der Waals surface area contributed by atoms with Crippen LogP contribution in [0.25, 0.3) is 0 Å². The van der Waals surface area contributed by atoms with Gasteiger partial charge in [0.05, 0.1) is 18.0 Å². The monoisotopic (exact) mass is 138 g/mol. The topological polar surface area (TPSA) is 46.0 Å². The lowest BCUT2D eigenvalue weighted by Crippen LogP contribution is -1.98. The minimum absolute atomic E-state index is 0.464. The van der Waals surface area contributed by atoms with Crippen molar-refractivity contribution < 1.29 is 5.11 Å². The van der Waals surface area contributed by atoms with E-state index in [2.05, 4.69) is 9.97 Å². The molecule has 0 aliphatic rings. The highest BCUT2D eigenvalue weighted by molar-refractivity contribution is 4.98. The summed E-state index contributed by atoms with van der Waals surface area (Å²) in [7, 11) is 0. The van der Waals surface area contributed by atoms with Crippen LogP contribution in [0.15, 0.2) is 18.6 Å². The van der Waals surface area contributed by atoms with Crippen LogP contribution in [0.4, 0.5) is 0 Å². The molecular formula is C7H10N2O. The predicted octanol–water partition coefficient (Wildman–Crippen LogP) is 0.920. The zero-order chi connectivity index (χ0) is 7.40. The van der Waals surface area contributed by atoms with Gasteiger partial charge in [0.25, 0.3) is 0 Å². The van der Waals surface area contributed by atoms with E-state index in [4.69, 9.17) is 0 Å². The van der Waals surface area contributed by atoms with E-state index in [1.807, 2.05) is 6.92 Å². The molecule has 0 radical (unpaired) electrons. The van der Waals surface area contributed by atoms with Gasteiger partial charge in [-0.2, -0.15) is 0 Å². The molecule has 0 fully saturated rings. The minimum Gasteiger partial charge on any atom is -0.387 e. The third-order valence-electron chi connectivity index (χ3n) is 1.31. The van der Waals surface area contributed by atoms with Crippen molar-refractivity contribution in [3.05, 3.63) is 24.3 Å². The van der Waals surface area contributed by atoms with Crippen LogP contribution in [-0.4, -0.2) is 15.1 Å². The molecule has 0 aliphatic carbocycles. The molecule has 0 spiro atoms. The fraction of sp³-hybridized carbons (Fsp3) is 0.429. The maximum atomic E-state index is 9.23. The summed E-state index contributed by atoms with van der Waals surface area (Å²) >= 11 is 0. The normalized spacial score (nSPS) is 13.0. The van der Waals surface area contributed by atoms with Gasteiger partial charge in [0.15, 0.2) is 0 Å². The summed E-state index contributed by atoms with van der Waals surface area (Å²) in [4.78, 5) is 7.77. The summed E-state index contributed by atoms with van der Waals surface area (Å²) in [6.07, 6.45) is 4.96. The van der Waals surface area contributed by atoms with Crippen molar-refractivity contribution in [2.24, 2.45) is 0 Å². The van der Waals surface area contributed by atoms with Crippen LogP contribution in [0, 0.1) is 0 Å². The lowest BCUT2D eigenvalue weighted by Gasteiger charge is -2.03. The molecule has 0 unspecified atom stereocenters. The van der Waals surface area contributed by atoms with Gasteiger partial charge in [-0.1, -0.05) is 6.92 Å². The molecule has 0 saturated carbocycles. The largest absolute Gasteiger partial charge is 0.387 e. The van der Waals surface area contributed by atoms with Crippen LogP contribution in [0.1, 0.15) is 25.1 Å². The van der Waals surface area contributed by atoms with Crippen LogP contribution in [0.5, 0.6) is 0 Å². The van der Waals surface area contributed by atoms with Crippen molar-refractivity contribution in [1.82, 2.24) is 9.97 Å². The summed E-state index contributed by atoms with van der Waals surface area (Å²) in [5, 5.41) is 9.23. The van der Waals surface area contributed by atoms with E-state index in [-0.39, 0.29) is 0 Å². The van der Waals surface area contributed by atoms with Gasteiger partial charge in [-0.15, -0.1) is 0 Å². The fourth-order valence-corrected chi connectivity index (χ4v) is 0.692. The molecule has 1 atom stereocenters. The Balaban J connectivity index is 2.75. The first-order chi connectivity index (χ1) is 4.84. The summed E-state index contributed by atoms with van der Waals surface area (Å²) in [6.45, 7) is 1.90. The maximum Gasteiger partial charge on any atom is 0.0972 e. The average Bonchev–Trinajstić information content (AvgIpc) is 2.05.